The topological polar surface area (TPSA) is 43.6 Å². The lowest BCUT2D eigenvalue weighted by molar-refractivity contribution is 1.08. The first-order valence-corrected chi connectivity index (χ1v) is 18.9. The van der Waals surface area contributed by atoms with Gasteiger partial charge in [-0.1, -0.05) is 140 Å². The van der Waals surface area contributed by atoms with Crippen molar-refractivity contribution in [1.82, 2.24) is 19.5 Å². The van der Waals surface area contributed by atoms with E-state index in [-0.39, 0.29) is 0 Å². The summed E-state index contributed by atoms with van der Waals surface area (Å²) < 4.78 is 4.82. The molecule has 5 heteroatoms. The Bertz CT molecular complexity index is 3210. The van der Waals surface area contributed by atoms with Crippen LogP contribution in [0.15, 0.2) is 182 Å². The number of hydrogen-bond donors (Lipinski definition) is 0. The second kappa shape index (κ2) is 12.3. The number of rotatable bonds is 5. The number of fused-ring (bicyclic) bond motifs is 7. The molecule has 11 rings (SSSR count). The van der Waals surface area contributed by atoms with E-state index in [1.54, 1.807) is 11.3 Å². The Hall–Kier alpha value is -6.95. The van der Waals surface area contributed by atoms with Gasteiger partial charge in [0, 0.05) is 53.3 Å². The maximum atomic E-state index is 5.27. The van der Waals surface area contributed by atoms with Crippen molar-refractivity contribution in [3.63, 3.8) is 0 Å². The molecule has 0 aliphatic rings. The molecule has 11 aromatic rings. The van der Waals surface area contributed by atoms with E-state index in [1.807, 2.05) is 0 Å². The Morgan fingerprint density at radius 1 is 0.370 bits per heavy atom. The first-order chi connectivity index (χ1) is 26.7. The highest BCUT2D eigenvalue weighted by Gasteiger charge is 2.20. The summed E-state index contributed by atoms with van der Waals surface area (Å²) in [5, 5.41) is 7.25. The molecule has 4 nitrogen and oxygen atoms in total. The average Bonchev–Trinajstić information content (AvgIpc) is 3.79. The molecule has 0 saturated heterocycles. The number of thiophene rings is 1. The van der Waals surface area contributed by atoms with E-state index in [1.165, 1.54) is 36.5 Å². The van der Waals surface area contributed by atoms with Gasteiger partial charge >= 0.3 is 0 Å². The fraction of sp³-hybridized carbons (Fsp3) is 0. The standard InChI is InChI=1S/C49H30N4S/c1-2-13-37(14-3-1)53-42-18-8-6-16-40(42)46-41(17-10-19-43(46)53)49-51-47(33-24-21-32(22-25-33)35-26-23-31-11-4-5-12-34(31)29-35)50-48(52-49)36-27-28-39-38-15-7-9-20-44(38)54-45(39)30-36/h1-30H. The second-order valence-electron chi connectivity index (χ2n) is 13.6. The van der Waals surface area contributed by atoms with E-state index in [9.17, 15) is 0 Å². The van der Waals surface area contributed by atoms with Crippen LogP contribution in [0.5, 0.6) is 0 Å². The van der Waals surface area contributed by atoms with Crippen molar-refractivity contribution in [2.75, 3.05) is 0 Å². The van der Waals surface area contributed by atoms with Crippen LogP contribution in [0.4, 0.5) is 0 Å². The van der Waals surface area contributed by atoms with Crippen LogP contribution in [0.1, 0.15) is 0 Å². The molecule has 252 valence electrons. The molecule has 0 atom stereocenters. The lowest BCUT2D eigenvalue weighted by atomic mass is 10.00. The Labute approximate surface area is 315 Å². The van der Waals surface area contributed by atoms with Crippen LogP contribution in [0.25, 0.3) is 104 Å². The summed E-state index contributed by atoms with van der Waals surface area (Å²) in [5.74, 6) is 1.93. The fourth-order valence-corrected chi connectivity index (χ4v) is 9.01. The van der Waals surface area contributed by atoms with Crippen molar-refractivity contribution in [2.24, 2.45) is 0 Å². The zero-order valence-electron chi connectivity index (χ0n) is 29.0. The number of hydrogen-bond acceptors (Lipinski definition) is 4. The van der Waals surface area contributed by atoms with E-state index in [0.717, 1.165) is 49.7 Å². The zero-order chi connectivity index (χ0) is 35.6. The third-order valence-corrected chi connectivity index (χ3v) is 11.6. The summed E-state index contributed by atoms with van der Waals surface area (Å²) >= 11 is 1.80. The largest absolute Gasteiger partial charge is 0.309 e. The first kappa shape index (κ1) is 30.7. The minimum absolute atomic E-state index is 0.639. The van der Waals surface area contributed by atoms with Gasteiger partial charge in [0.25, 0.3) is 0 Å². The van der Waals surface area contributed by atoms with Gasteiger partial charge in [0.05, 0.1) is 11.0 Å². The Morgan fingerprint density at radius 2 is 1.00 bits per heavy atom. The molecule has 0 N–H and O–H groups in total. The SMILES string of the molecule is c1ccc(-n2c3ccccc3c3c(-c4nc(-c5ccc(-c6ccc7ccccc7c6)cc5)nc(-c5ccc6c(c5)sc5ccccc56)n4)cccc32)cc1. The third kappa shape index (κ3) is 5.01. The zero-order valence-corrected chi connectivity index (χ0v) is 29.8. The van der Waals surface area contributed by atoms with Crippen LogP contribution in [0.3, 0.4) is 0 Å². The average molecular weight is 707 g/mol. The Morgan fingerprint density at radius 3 is 1.87 bits per heavy atom. The highest BCUT2D eigenvalue weighted by atomic mass is 32.1. The summed E-state index contributed by atoms with van der Waals surface area (Å²) in [6, 6.07) is 64.5. The lowest BCUT2D eigenvalue weighted by Crippen LogP contribution is -2.00. The van der Waals surface area contributed by atoms with Crippen molar-refractivity contribution < 1.29 is 0 Å². The predicted octanol–water partition coefficient (Wildman–Crippen LogP) is 13.2. The molecule has 0 radical (unpaired) electrons. The molecule has 0 spiro atoms. The van der Waals surface area contributed by atoms with Crippen molar-refractivity contribution in [1.29, 1.82) is 0 Å². The van der Waals surface area contributed by atoms with Gasteiger partial charge in [-0.15, -0.1) is 11.3 Å². The normalized spacial score (nSPS) is 11.7. The molecule has 3 heterocycles. The minimum atomic E-state index is 0.639. The lowest BCUT2D eigenvalue weighted by Gasteiger charge is -2.11. The van der Waals surface area contributed by atoms with E-state index < -0.39 is 0 Å². The molecule has 0 fully saturated rings. The van der Waals surface area contributed by atoms with Crippen LogP contribution in [-0.2, 0) is 0 Å². The van der Waals surface area contributed by atoms with Crippen molar-refractivity contribution >= 4 is 64.1 Å². The summed E-state index contributed by atoms with van der Waals surface area (Å²) in [7, 11) is 0. The molecule has 0 saturated carbocycles. The molecule has 0 aliphatic carbocycles. The number of benzene rings is 8. The Kier molecular flexibility index (Phi) is 7.00. The van der Waals surface area contributed by atoms with Gasteiger partial charge < -0.3 is 4.57 Å². The van der Waals surface area contributed by atoms with E-state index in [2.05, 4.69) is 187 Å². The maximum absolute atomic E-state index is 5.27. The summed E-state index contributed by atoms with van der Waals surface area (Å²) in [6.07, 6.45) is 0. The molecule has 0 unspecified atom stereocenters. The fourth-order valence-electron chi connectivity index (χ4n) is 7.86. The first-order valence-electron chi connectivity index (χ1n) is 18.1. The van der Waals surface area contributed by atoms with Gasteiger partial charge in [0.1, 0.15) is 0 Å². The van der Waals surface area contributed by atoms with E-state index in [4.69, 9.17) is 15.0 Å². The van der Waals surface area contributed by atoms with E-state index >= 15 is 0 Å². The quantitative estimate of drug-likeness (QED) is 0.179. The van der Waals surface area contributed by atoms with Gasteiger partial charge in [-0.2, -0.15) is 0 Å². The van der Waals surface area contributed by atoms with Crippen molar-refractivity contribution in [2.45, 2.75) is 0 Å². The van der Waals surface area contributed by atoms with Crippen LogP contribution in [-0.4, -0.2) is 19.5 Å². The molecule has 0 amide bonds. The van der Waals surface area contributed by atoms with Gasteiger partial charge in [0.15, 0.2) is 17.5 Å². The molecule has 0 aliphatic heterocycles. The molecule has 3 aromatic heterocycles. The minimum Gasteiger partial charge on any atom is -0.309 e. The summed E-state index contributed by atoms with van der Waals surface area (Å²) in [4.78, 5) is 15.7. The molecule has 8 aromatic carbocycles. The smallest absolute Gasteiger partial charge is 0.164 e. The number of aromatic nitrogens is 4. The summed E-state index contributed by atoms with van der Waals surface area (Å²) in [6.45, 7) is 0. The maximum Gasteiger partial charge on any atom is 0.164 e. The summed E-state index contributed by atoms with van der Waals surface area (Å²) in [5.41, 5.74) is 8.55. The van der Waals surface area contributed by atoms with E-state index in [0.29, 0.717) is 17.5 Å². The molecular weight excluding hydrogens is 677 g/mol. The molecule has 54 heavy (non-hydrogen) atoms. The predicted molar refractivity (Wildman–Crippen MR) is 226 cm³/mol. The van der Waals surface area contributed by atoms with Gasteiger partial charge in [-0.25, -0.2) is 15.0 Å². The van der Waals surface area contributed by atoms with Gasteiger partial charge in [0.2, 0.25) is 0 Å². The van der Waals surface area contributed by atoms with Crippen LogP contribution in [0, 0.1) is 0 Å². The second-order valence-corrected chi connectivity index (χ2v) is 14.7. The van der Waals surface area contributed by atoms with Gasteiger partial charge in [-0.3, -0.25) is 0 Å². The van der Waals surface area contributed by atoms with Crippen molar-refractivity contribution in [3.8, 4) is 51.0 Å². The molecular formula is C49H30N4S. The highest BCUT2D eigenvalue weighted by molar-refractivity contribution is 7.25. The number of para-hydroxylation sites is 2. The monoisotopic (exact) mass is 706 g/mol. The highest BCUT2D eigenvalue weighted by Crippen LogP contribution is 2.40. The third-order valence-electron chi connectivity index (χ3n) is 10.5. The van der Waals surface area contributed by atoms with Crippen LogP contribution < -0.4 is 0 Å². The molecule has 0 bridgehead atoms. The van der Waals surface area contributed by atoms with Crippen molar-refractivity contribution in [3.05, 3.63) is 182 Å². The number of nitrogens with zero attached hydrogens (tertiary/aromatic N) is 4. The van der Waals surface area contributed by atoms with Crippen LogP contribution in [0.2, 0.25) is 0 Å². The van der Waals surface area contributed by atoms with Crippen LogP contribution >= 0.6 is 11.3 Å². The Balaban J connectivity index is 1.11. The van der Waals surface area contributed by atoms with Gasteiger partial charge in [-0.05, 0) is 64.4 Å².